The van der Waals surface area contributed by atoms with E-state index in [0.717, 1.165) is 50.0 Å². The van der Waals surface area contributed by atoms with Gasteiger partial charge in [0.05, 0.1) is 5.52 Å². The predicted molar refractivity (Wildman–Crippen MR) is 210 cm³/mol. The van der Waals surface area contributed by atoms with E-state index in [2.05, 4.69) is 169 Å². The zero-order valence-electron chi connectivity index (χ0n) is 27.1. The van der Waals surface area contributed by atoms with Crippen molar-refractivity contribution in [2.24, 2.45) is 0 Å². The number of fused-ring (bicyclic) bond motifs is 6. The van der Waals surface area contributed by atoms with E-state index in [1.165, 1.54) is 43.8 Å². The first-order valence-corrected chi connectivity index (χ1v) is 16.9. The van der Waals surface area contributed by atoms with Crippen LogP contribution in [-0.2, 0) is 0 Å². The van der Waals surface area contributed by atoms with Crippen molar-refractivity contribution in [3.05, 3.63) is 182 Å². The van der Waals surface area contributed by atoms with Gasteiger partial charge in [-0.25, -0.2) is 4.98 Å². The molecule has 0 unspecified atom stereocenters. The number of hydrogen-bond donors (Lipinski definition) is 0. The molecular weight excluding hydrogens is 609 g/mol. The van der Waals surface area contributed by atoms with Crippen LogP contribution in [0.3, 0.4) is 0 Å². The Morgan fingerprint density at radius 1 is 0.360 bits per heavy atom. The zero-order chi connectivity index (χ0) is 33.0. The lowest BCUT2D eigenvalue weighted by Gasteiger charge is -2.26. The molecule has 2 heterocycles. The molecule has 0 radical (unpaired) electrons. The normalized spacial score (nSPS) is 11.6. The van der Waals surface area contributed by atoms with Crippen molar-refractivity contribution in [1.82, 2.24) is 4.98 Å². The second kappa shape index (κ2) is 11.5. The first-order chi connectivity index (χ1) is 24.7. The van der Waals surface area contributed by atoms with Crippen LogP contribution in [0.1, 0.15) is 0 Å². The highest BCUT2D eigenvalue weighted by molar-refractivity contribution is 6.07. The predicted octanol–water partition coefficient (Wildman–Crippen LogP) is 13.2. The Kier molecular flexibility index (Phi) is 6.49. The topological polar surface area (TPSA) is 29.3 Å². The number of nitrogens with zero attached hydrogens (tertiary/aromatic N) is 2. The molecule has 0 aliphatic heterocycles. The Labute approximate surface area is 289 Å². The zero-order valence-corrected chi connectivity index (χ0v) is 27.1. The molecule has 0 N–H and O–H groups in total. The molecule has 0 amide bonds. The van der Waals surface area contributed by atoms with Gasteiger partial charge < -0.3 is 9.32 Å². The number of pyridine rings is 1. The van der Waals surface area contributed by atoms with Gasteiger partial charge >= 0.3 is 0 Å². The van der Waals surface area contributed by atoms with Gasteiger partial charge in [-0.3, -0.25) is 0 Å². The van der Waals surface area contributed by atoms with Crippen LogP contribution in [0, 0.1) is 0 Å². The molecule has 10 rings (SSSR count). The molecule has 0 aliphatic rings. The second-order valence-electron chi connectivity index (χ2n) is 12.9. The van der Waals surface area contributed by atoms with Crippen LogP contribution in [0.15, 0.2) is 186 Å². The van der Waals surface area contributed by atoms with E-state index < -0.39 is 0 Å². The van der Waals surface area contributed by atoms with Gasteiger partial charge in [-0.2, -0.15) is 0 Å². The summed E-state index contributed by atoms with van der Waals surface area (Å²) in [5, 5.41) is 7.05. The number of aromatic nitrogens is 1. The summed E-state index contributed by atoms with van der Waals surface area (Å²) in [7, 11) is 0. The van der Waals surface area contributed by atoms with Gasteiger partial charge in [-0.1, -0.05) is 115 Å². The fraction of sp³-hybridized carbons (Fsp3) is 0. The molecule has 50 heavy (non-hydrogen) atoms. The lowest BCUT2D eigenvalue weighted by atomic mass is 10.00. The van der Waals surface area contributed by atoms with Gasteiger partial charge in [0.1, 0.15) is 11.1 Å². The third kappa shape index (κ3) is 4.87. The monoisotopic (exact) mass is 638 g/mol. The van der Waals surface area contributed by atoms with Crippen LogP contribution >= 0.6 is 0 Å². The average molecular weight is 639 g/mol. The number of rotatable bonds is 5. The average Bonchev–Trinajstić information content (AvgIpc) is 3.53. The Morgan fingerprint density at radius 2 is 0.860 bits per heavy atom. The van der Waals surface area contributed by atoms with Crippen molar-refractivity contribution in [2.45, 2.75) is 0 Å². The summed E-state index contributed by atoms with van der Waals surface area (Å²) in [6.45, 7) is 0. The van der Waals surface area contributed by atoms with E-state index in [4.69, 9.17) is 9.40 Å². The van der Waals surface area contributed by atoms with Crippen LogP contribution in [0.2, 0.25) is 0 Å². The van der Waals surface area contributed by atoms with E-state index >= 15 is 0 Å². The smallest absolute Gasteiger partial charge is 0.154 e. The molecule has 234 valence electrons. The molecule has 3 nitrogen and oxygen atoms in total. The molecule has 0 aliphatic carbocycles. The summed E-state index contributed by atoms with van der Waals surface area (Å²) in [5.74, 6) is 0. The lowest BCUT2D eigenvalue weighted by Crippen LogP contribution is -2.09. The van der Waals surface area contributed by atoms with Crippen LogP contribution in [0.5, 0.6) is 0 Å². The van der Waals surface area contributed by atoms with Crippen molar-refractivity contribution in [2.75, 3.05) is 4.90 Å². The summed E-state index contributed by atoms with van der Waals surface area (Å²) in [5.41, 5.74) is 11.3. The SMILES string of the molecule is c1ccc2cc(-c3ccc(N(c4ccc(-c5ccc6ccccc6c5)cc4)c4ccc5c(c4)oc4cc6ccccc6nc45)cc3)ccc2c1. The number of anilines is 3. The summed E-state index contributed by atoms with van der Waals surface area (Å²) in [6.07, 6.45) is 0. The van der Waals surface area contributed by atoms with E-state index in [0.29, 0.717) is 0 Å². The fourth-order valence-corrected chi connectivity index (χ4v) is 7.21. The summed E-state index contributed by atoms with van der Waals surface area (Å²) < 4.78 is 6.46. The van der Waals surface area contributed by atoms with Gasteiger partial charge in [-0.05, 0) is 104 Å². The Morgan fingerprint density at radius 3 is 1.46 bits per heavy atom. The maximum atomic E-state index is 6.46. The minimum atomic E-state index is 0.793. The van der Waals surface area contributed by atoms with Crippen LogP contribution in [0.4, 0.5) is 17.1 Å². The Bertz CT molecular complexity index is 2750. The number of benzene rings is 8. The second-order valence-corrected chi connectivity index (χ2v) is 12.9. The van der Waals surface area contributed by atoms with E-state index in [1.54, 1.807) is 0 Å². The molecular formula is C47H30N2O. The fourth-order valence-electron chi connectivity index (χ4n) is 7.21. The molecule has 0 saturated heterocycles. The van der Waals surface area contributed by atoms with Crippen molar-refractivity contribution in [3.8, 4) is 22.3 Å². The third-order valence-corrected chi connectivity index (χ3v) is 9.80. The summed E-state index contributed by atoms with van der Waals surface area (Å²) in [6, 6.07) is 64.7. The molecule has 0 atom stereocenters. The first-order valence-electron chi connectivity index (χ1n) is 16.9. The van der Waals surface area contributed by atoms with Gasteiger partial charge in [0.15, 0.2) is 5.58 Å². The van der Waals surface area contributed by atoms with E-state index in [9.17, 15) is 0 Å². The van der Waals surface area contributed by atoms with Gasteiger partial charge in [-0.15, -0.1) is 0 Å². The molecule has 8 aromatic carbocycles. The first kappa shape index (κ1) is 28.3. The van der Waals surface area contributed by atoms with Crippen LogP contribution in [0.25, 0.3) is 76.8 Å². The van der Waals surface area contributed by atoms with Crippen LogP contribution in [-0.4, -0.2) is 4.98 Å². The molecule has 0 spiro atoms. The summed E-state index contributed by atoms with van der Waals surface area (Å²) in [4.78, 5) is 7.26. The Hall–Kier alpha value is -6.71. The van der Waals surface area contributed by atoms with Crippen molar-refractivity contribution in [3.63, 3.8) is 0 Å². The maximum absolute atomic E-state index is 6.46. The third-order valence-electron chi connectivity index (χ3n) is 9.80. The quantitative estimate of drug-likeness (QED) is 0.188. The Balaban J connectivity index is 1.08. The molecule has 0 saturated carbocycles. The van der Waals surface area contributed by atoms with Crippen molar-refractivity contribution >= 4 is 71.6 Å². The maximum Gasteiger partial charge on any atom is 0.154 e. The molecule has 0 bridgehead atoms. The van der Waals surface area contributed by atoms with Gasteiger partial charge in [0, 0.05) is 33.9 Å². The standard InChI is InChI=1S/C47H30N2O/c1-3-9-35-27-37(15-13-31(35)7-1)33-17-21-40(22-18-33)49(41-23-19-34(20-24-41)38-16-14-32-8-2-4-10-36(32)28-38)42-25-26-43-45(30-42)50-46-29-39-11-5-6-12-44(39)48-47(43)46/h1-30H. The lowest BCUT2D eigenvalue weighted by molar-refractivity contribution is 0.669. The number of furan rings is 1. The molecule has 0 fully saturated rings. The van der Waals surface area contributed by atoms with Gasteiger partial charge in [0.25, 0.3) is 0 Å². The van der Waals surface area contributed by atoms with Gasteiger partial charge in [0.2, 0.25) is 0 Å². The molecule has 10 aromatic rings. The van der Waals surface area contributed by atoms with Crippen molar-refractivity contribution < 1.29 is 4.42 Å². The van der Waals surface area contributed by atoms with Crippen LogP contribution < -0.4 is 4.90 Å². The van der Waals surface area contributed by atoms with E-state index in [-0.39, 0.29) is 0 Å². The highest BCUT2D eigenvalue weighted by atomic mass is 16.3. The van der Waals surface area contributed by atoms with Crippen molar-refractivity contribution in [1.29, 1.82) is 0 Å². The number of para-hydroxylation sites is 1. The van der Waals surface area contributed by atoms with E-state index in [1.807, 2.05) is 18.2 Å². The highest BCUT2D eigenvalue weighted by Crippen LogP contribution is 2.40. The largest absolute Gasteiger partial charge is 0.454 e. The molecule has 3 heteroatoms. The minimum absolute atomic E-state index is 0.793. The highest BCUT2D eigenvalue weighted by Gasteiger charge is 2.17. The number of hydrogen-bond acceptors (Lipinski definition) is 3. The minimum Gasteiger partial charge on any atom is -0.454 e. The summed E-state index contributed by atoms with van der Waals surface area (Å²) >= 11 is 0. The molecule has 2 aromatic heterocycles.